The average molecular weight is 276 g/mol. The second-order valence-corrected chi connectivity index (χ2v) is 6.22. The van der Waals surface area contributed by atoms with Gasteiger partial charge in [-0.25, -0.2) is 0 Å². The summed E-state index contributed by atoms with van der Waals surface area (Å²) in [6.07, 6.45) is 2.11. The molecular formula is C17H28N2O. The van der Waals surface area contributed by atoms with E-state index >= 15 is 0 Å². The lowest BCUT2D eigenvalue weighted by atomic mass is 10.1. The molecule has 1 aromatic carbocycles. The van der Waals surface area contributed by atoms with Gasteiger partial charge in [0.1, 0.15) is 0 Å². The van der Waals surface area contributed by atoms with Gasteiger partial charge in [-0.05, 0) is 37.8 Å². The van der Waals surface area contributed by atoms with Crippen LogP contribution < -0.4 is 5.32 Å². The summed E-state index contributed by atoms with van der Waals surface area (Å²) >= 11 is 0. The molecule has 0 radical (unpaired) electrons. The number of hydrogen-bond acceptors (Lipinski definition) is 3. The van der Waals surface area contributed by atoms with Crippen molar-refractivity contribution >= 4 is 0 Å². The van der Waals surface area contributed by atoms with Crippen molar-refractivity contribution in [2.45, 2.75) is 45.3 Å². The van der Waals surface area contributed by atoms with Gasteiger partial charge in [0.25, 0.3) is 0 Å². The molecule has 0 bridgehead atoms. The predicted molar refractivity (Wildman–Crippen MR) is 83.6 cm³/mol. The standard InChI is InChI=1S/C17H28N2O/c1-14(8-9-20)11-18-17-10-15(2)19(13-17)12-16-6-4-3-5-7-16/h3-7,14-15,17-18,20H,8-13H2,1-2H3. The molecule has 0 aliphatic carbocycles. The fourth-order valence-electron chi connectivity index (χ4n) is 2.97. The van der Waals surface area contributed by atoms with Gasteiger partial charge in [0.05, 0.1) is 0 Å². The molecule has 1 aromatic rings. The first-order valence-electron chi connectivity index (χ1n) is 7.81. The van der Waals surface area contributed by atoms with Gasteiger partial charge in [0, 0.05) is 31.8 Å². The van der Waals surface area contributed by atoms with Crippen LogP contribution in [0.15, 0.2) is 30.3 Å². The third-order valence-corrected chi connectivity index (χ3v) is 4.31. The number of nitrogens with one attached hydrogen (secondary N) is 1. The molecular weight excluding hydrogens is 248 g/mol. The summed E-state index contributed by atoms with van der Waals surface area (Å²) in [5.41, 5.74) is 1.40. The van der Waals surface area contributed by atoms with Crippen LogP contribution in [0.3, 0.4) is 0 Å². The Kier molecular flexibility index (Phi) is 6.02. The molecule has 1 fully saturated rings. The van der Waals surface area contributed by atoms with Crippen LogP contribution >= 0.6 is 0 Å². The topological polar surface area (TPSA) is 35.5 Å². The Balaban J connectivity index is 1.77. The van der Waals surface area contributed by atoms with E-state index in [2.05, 4.69) is 54.4 Å². The maximum absolute atomic E-state index is 8.94. The third kappa shape index (κ3) is 4.58. The SMILES string of the molecule is CC(CCO)CNC1CC(C)N(Cc2ccccc2)C1. The number of aliphatic hydroxyl groups excluding tert-OH is 1. The highest BCUT2D eigenvalue weighted by molar-refractivity contribution is 5.15. The first kappa shape index (κ1) is 15.5. The third-order valence-electron chi connectivity index (χ3n) is 4.31. The second-order valence-electron chi connectivity index (χ2n) is 6.22. The van der Waals surface area contributed by atoms with Gasteiger partial charge in [-0.15, -0.1) is 0 Å². The summed E-state index contributed by atoms with van der Waals surface area (Å²) in [5, 5.41) is 12.6. The van der Waals surface area contributed by atoms with Gasteiger partial charge < -0.3 is 10.4 Å². The molecule has 112 valence electrons. The molecule has 1 aliphatic heterocycles. The van der Waals surface area contributed by atoms with Crippen LogP contribution in [0.4, 0.5) is 0 Å². The summed E-state index contributed by atoms with van der Waals surface area (Å²) < 4.78 is 0. The zero-order chi connectivity index (χ0) is 14.4. The Morgan fingerprint density at radius 1 is 1.35 bits per heavy atom. The minimum Gasteiger partial charge on any atom is -0.396 e. The molecule has 2 N–H and O–H groups in total. The van der Waals surface area contributed by atoms with Crippen molar-refractivity contribution in [3.63, 3.8) is 0 Å². The summed E-state index contributed by atoms with van der Waals surface area (Å²) in [6, 6.07) is 11.9. The molecule has 0 aromatic heterocycles. The van der Waals surface area contributed by atoms with E-state index in [4.69, 9.17) is 5.11 Å². The number of likely N-dealkylation sites (tertiary alicyclic amines) is 1. The molecule has 0 saturated carbocycles. The number of rotatable bonds is 7. The lowest BCUT2D eigenvalue weighted by Crippen LogP contribution is -2.35. The van der Waals surface area contributed by atoms with E-state index in [1.807, 2.05) is 0 Å². The highest BCUT2D eigenvalue weighted by Gasteiger charge is 2.28. The van der Waals surface area contributed by atoms with Gasteiger partial charge in [0.2, 0.25) is 0 Å². The summed E-state index contributed by atoms with van der Waals surface area (Å²) in [7, 11) is 0. The Morgan fingerprint density at radius 3 is 2.80 bits per heavy atom. The normalized spacial score (nSPS) is 24.9. The molecule has 20 heavy (non-hydrogen) atoms. The van der Waals surface area contributed by atoms with Crippen molar-refractivity contribution in [1.82, 2.24) is 10.2 Å². The van der Waals surface area contributed by atoms with E-state index in [1.165, 1.54) is 12.0 Å². The molecule has 1 aliphatic rings. The van der Waals surface area contributed by atoms with Crippen molar-refractivity contribution in [1.29, 1.82) is 0 Å². The summed E-state index contributed by atoms with van der Waals surface area (Å²) in [6.45, 7) is 8.00. The Bertz CT molecular complexity index is 382. The molecule has 3 atom stereocenters. The van der Waals surface area contributed by atoms with Crippen molar-refractivity contribution in [3.8, 4) is 0 Å². The van der Waals surface area contributed by atoms with Crippen LogP contribution in [0.5, 0.6) is 0 Å². The van der Waals surface area contributed by atoms with Crippen molar-refractivity contribution < 1.29 is 5.11 Å². The van der Waals surface area contributed by atoms with E-state index in [0.717, 1.165) is 26.1 Å². The quantitative estimate of drug-likeness (QED) is 0.802. The molecule has 1 heterocycles. The number of nitrogens with zero attached hydrogens (tertiary/aromatic N) is 1. The van der Waals surface area contributed by atoms with Crippen LogP contribution in [0, 0.1) is 5.92 Å². The fourth-order valence-corrected chi connectivity index (χ4v) is 2.97. The Morgan fingerprint density at radius 2 is 2.10 bits per heavy atom. The highest BCUT2D eigenvalue weighted by Crippen LogP contribution is 2.20. The number of aliphatic hydroxyl groups is 1. The molecule has 3 heteroatoms. The lowest BCUT2D eigenvalue weighted by Gasteiger charge is -2.21. The van der Waals surface area contributed by atoms with E-state index in [-0.39, 0.29) is 0 Å². The van der Waals surface area contributed by atoms with Gasteiger partial charge in [-0.1, -0.05) is 37.3 Å². The largest absolute Gasteiger partial charge is 0.396 e. The van der Waals surface area contributed by atoms with Crippen LogP contribution in [-0.4, -0.2) is 41.8 Å². The molecule has 2 rings (SSSR count). The first-order chi connectivity index (χ1) is 9.69. The number of benzene rings is 1. The molecule has 1 saturated heterocycles. The van der Waals surface area contributed by atoms with Crippen molar-refractivity contribution in [3.05, 3.63) is 35.9 Å². The molecule has 0 amide bonds. The zero-order valence-electron chi connectivity index (χ0n) is 12.8. The number of hydrogen-bond donors (Lipinski definition) is 2. The van der Waals surface area contributed by atoms with Gasteiger partial charge in [-0.2, -0.15) is 0 Å². The highest BCUT2D eigenvalue weighted by atomic mass is 16.3. The van der Waals surface area contributed by atoms with E-state index in [1.54, 1.807) is 0 Å². The molecule has 3 unspecified atom stereocenters. The fraction of sp³-hybridized carbons (Fsp3) is 0.647. The maximum Gasteiger partial charge on any atom is 0.0434 e. The van der Waals surface area contributed by atoms with Crippen LogP contribution in [0.2, 0.25) is 0 Å². The Labute approximate surface area is 123 Å². The summed E-state index contributed by atoms with van der Waals surface area (Å²) in [5.74, 6) is 0.554. The zero-order valence-corrected chi connectivity index (χ0v) is 12.8. The van der Waals surface area contributed by atoms with E-state index < -0.39 is 0 Å². The first-order valence-corrected chi connectivity index (χ1v) is 7.81. The molecule has 0 spiro atoms. The summed E-state index contributed by atoms with van der Waals surface area (Å²) in [4.78, 5) is 2.56. The van der Waals surface area contributed by atoms with Gasteiger partial charge in [-0.3, -0.25) is 4.90 Å². The minimum absolute atomic E-state index is 0.296. The molecule has 3 nitrogen and oxygen atoms in total. The monoisotopic (exact) mass is 276 g/mol. The lowest BCUT2D eigenvalue weighted by molar-refractivity contribution is 0.250. The van der Waals surface area contributed by atoms with E-state index in [9.17, 15) is 0 Å². The van der Waals surface area contributed by atoms with E-state index in [0.29, 0.717) is 24.6 Å². The smallest absolute Gasteiger partial charge is 0.0434 e. The average Bonchev–Trinajstić information content (AvgIpc) is 2.79. The Hall–Kier alpha value is -0.900. The van der Waals surface area contributed by atoms with Crippen molar-refractivity contribution in [2.24, 2.45) is 5.92 Å². The van der Waals surface area contributed by atoms with Gasteiger partial charge in [0.15, 0.2) is 0 Å². The second kappa shape index (κ2) is 7.77. The predicted octanol–water partition coefficient (Wildman–Crippen LogP) is 2.26. The van der Waals surface area contributed by atoms with Gasteiger partial charge >= 0.3 is 0 Å². The van der Waals surface area contributed by atoms with Crippen LogP contribution in [0.1, 0.15) is 32.3 Å². The minimum atomic E-state index is 0.296. The maximum atomic E-state index is 8.94. The van der Waals surface area contributed by atoms with Crippen LogP contribution in [-0.2, 0) is 6.54 Å². The van der Waals surface area contributed by atoms with Crippen LogP contribution in [0.25, 0.3) is 0 Å². The van der Waals surface area contributed by atoms with Crippen molar-refractivity contribution in [2.75, 3.05) is 19.7 Å².